The zero-order chi connectivity index (χ0) is 15.9. The Morgan fingerprint density at radius 1 is 1.29 bits per heavy atom. The van der Waals surface area contributed by atoms with Gasteiger partial charge < -0.3 is 20.1 Å². The summed E-state index contributed by atoms with van der Waals surface area (Å²) in [7, 11) is 3.21. The second kappa shape index (κ2) is 7.75. The summed E-state index contributed by atoms with van der Waals surface area (Å²) in [5.74, 6) is 4.16. The molecule has 114 valence electrons. The van der Waals surface area contributed by atoms with Gasteiger partial charge in [0.15, 0.2) is 5.11 Å². The van der Waals surface area contributed by atoms with E-state index >= 15 is 0 Å². The van der Waals surface area contributed by atoms with Gasteiger partial charge in [-0.3, -0.25) is 0 Å². The van der Waals surface area contributed by atoms with E-state index in [-0.39, 0.29) is 0 Å². The summed E-state index contributed by atoms with van der Waals surface area (Å²) >= 11 is 5.35. The minimum absolute atomic E-state index is 0.427. The first-order chi connectivity index (χ1) is 10.0. The highest BCUT2D eigenvalue weighted by atomic mass is 32.1. The number of methoxy groups -OCH3 is 2. The van der Waals surface area contributed by atoms with Crippen molar-refractivity contribution < 1.29 is 9.47 Å². The van der Waals surface area contributed by atoms with Gasteiger partial charge in [-0.15, -0.1) is 6.42 Å². The maximum atomic E-state index is 5.62. The van der Waals surface area contributed by atoms with Crippen LogP contribution >= 0.6 is 12.2 Å². The van der Waals surface area contributed by atoms with Crippen molar-refractivity contribution in [1.29, 1.82) is 0 Å². The third kappa shape index (κ3) is 4.27. The average Bonchev–Trinajstić information content (AvgIpc) is 2.53. The van der Waals surface area contributed by atoms with E-state index in [1.54, 1.807) is 20.3 Å². The standard InChI is InChI=1S/C16H22N2O2S/c1-6-16(7-2,8-3)18-15(21)17-13-10-9-12(19-4)11-14(13)20-5/h1,9-11H,7-8H2,2-5H3,(H2,17,18,21). The summed E-state index contributed by atoms with van der Waals surface area (Å²) in [6, 6.07) is 5.47. The molecule has 0 saturated heterocycles. The Morgan fingerprint density at radius 3 is 2.43 bits per heavy atom. The van der Waals surface area contributed by atoms with Crippen molar-refractivity contribution in [3.05, 3.63) is 18.2 Å². The molecular formula is C16H22N2O2S. The summed E-state index contributed by atoms with van der Waals surface area (Å²) in [5.41, 5.74) is 0.331. The molecule has 2 N–H and O–H groups in total. The lowest BCUT2D eigenvalue weighted by molar-refractivity contribution is 0.395. The maximum absolute atomic E-state index is 5.62. The predicted octanol–water partition coefficient (Wildman–Crippen LogP) is 3.18. The van der Waals surface area contributed by atoms with Gasteiger partial charge in [0, 0.05) is 6.07 Å². The molecule has 0 saturated carbocycles. The van der Waals surface area contributed by atoms with Crippen molar-refractivity contribution in [2.24, 2.45) is 0 Å². The van der Waals surface area contributed by atoms with Crippen LogP contribution in [0.5, 0.6) is 11.5 Å². The van der Waals surface area contributed by atoms with Crippen LogP contribution in [0.2, 0.25) is 0 Å². The van der Waals surface area contributed by atoms with Gasteiger partial charge in [0.2, 0.25) is 0 Å². The summed E-state index contributed by atoms with van der Waals surface area (Å²) in [4.78, 5) is 0. The van der Waals surface area contributed by atoms with Crippen LogP contribution in [-0.2, 0) is 0 Å². The second-order valence-electron chi connectivity index (χ2n) is 4.58. The molecule has 5 heteroatoms. The number of rotatable bonds is 6. The van der Waals surface area contributed by atoms with E-state index in [4.69, 9.17) is 28.1 Å². The Morgan fingerprint density at radius 2 is 1.95 bits per heavy atom. The van der Waals surface area contributed by atoms with E-state index in [9.17, 15) is 0 Å². The Kier molecular flexibility index (Phi) is 6.32. The molecule has 1 aromatic carbocycles. The first-order valence-corrected chi connectivity index (χ1v) is 7.24. The number of anilines is 1. The fourth-order valence-corrected chi connectivity index (χ4v) is 2.24. The lowest BCUT2D eigenvalue weighted by Gasteiger charge is -2.29. The topological polar surface area (TPSA) is 42.5 Å². The third-order valence-corrected chi connectivity index (χ3v) is 3.70. The van der Waals surface area contributed by atoms with Crippen LogP contribution in [0.15, 0.2) is 18.2 Å². The molecule has 0 atom stereocenters. The first-order valence-electron chi connectivity index (χ1n) is 6.83. The van der Waals surface area contributed by atoms with Crippen molar-refractivity contribution in [2.75, 3.05) is 19.5 Å². The average molecular weight is 306 g/mol. The molecule has 0 aromatic heterocycles. The largest absolute Gasteiger partial charge is 0.497 e. The number of nitrogens with one attached hydrogen (secondary N) is 2. The molecule has 1 aromatic rings. The lowest BCUT2D eigenvalue weighted by Crippen LogP contribution is -2.48. The Balaban J connectivity index is 2.86. The molecule has 21 heavy (non-hydrogen) atoms. The van der Waals surface area contributed by atoms with Gasteiger partial charge in [0.05, 0.1) is 25.4 Å². The van der Waals surface area contributed by atoms with Gasteiger partial charge in [-0.1, -0.05) is 19.8 Å². The highest BCUT2D eigenvalue weighted by Crippen LogP contribution is 2.29. The molecule has 0 spiro atoms. The van der Waals surface area contributed by atoms with Crippen LogP contribution in [0, 0.1) is 12.3 Å². The monoisotopic (exact) mass is 306 g/mol. The number of hydrogen-bond donors (Lipinski definition) is 2. The molecule has 0 amide bonds. The first kappa shape index (κ1) is 17.1. The number of hydrogen-bond acceptors (Lipinski definition) is 3. The van der Waals surface area contributed by atoms with Gasteiger partial charge in [0.1, 0.15) is 11.5 Å². The summed E-state index contributed by atoms with van der Waals surface area (Å²) in [6.07, 6.45) is 7.21. The quantitative estimate of drug-likeness (QED) is 0.624. The maximum Gasteiger partial charge on any atom is 0.172 e. The van der Waals surface area contributed by atoms with E-state index in [1.807, 2.05) is 26.0 Å². The number of thiocarbonyl (C=S) groups is 1. The van der Waals surface area contributed by atoms with Crippen molar-refractivity contribution >= 4 is 23.0 Å². The molecule has 0 radical (unpaired) electrons. The van der Waals surface area contributed by atoms with Crippen LogP contribution < -0.4 is 20.1 Å². The Bertz CT molecular complexity index is 534. The highest BCUT2D eigenvalue weighted by Gasteiger charge is 2.24. The molecule has 0 bridgehead atoms. The van der Waals surface area contributed by atoms with Gasteiger partial charge in [-0.25, -0.2) is 0 Å². The van der Waals surface area contributed by atoms with Crippen LogP contribution in [0.3, 0.4) is 0 Å². The van der Waals surface area contributed by atoms with Gasteiger partial charge in [-0.05, 0) is 37.2 Å². The zero-order valence-corrected chi connectivity index (χ0v) is 13.8. The minimum Gasteiger partial charge on any atom is -0.497 e. The number of ether oxygens (including phenoxy) is 2. The normalized spacial score (nSPS) is 10.4. The van der Waals surface area contributed by atoms with Crippen molar-refractivity contribution in [3.63, 3.8) is 0 Å². The Labute approximate surface area is 132 Å². The van der Waals surface area contributed by atoms with Crippen molar-refractivity contribution in [1.82, 2.24) is 5.32 Å². The van der Waals surface area contributed by atoms with Crippen LogP contribution in [0.25, 0.3) is 0 Å². The number of benzene rings is 1. The van der Waals surface area contributed by atoms with E-state index in [1.165, 1.54) is 0 Å². The SMILES string of the molecule is C#CC(CC)(CC)NC(=S)Nc1ccc(OC)cc1OC. The molecular weight excluding hydrogens is 284 g/mol. The van der Waals surface area contributed by atoms with Crippen LogP contribution in [0.4, 0.5) is 5.69 Å². The van der Waals surface area contributed by atoms with E-state index < -0.39 is 5.54 Å². The molecule has 1 rings (SSSR count). The summed E-state index contributed by atoms with van der Waals surface area (Å²) < 4.78 is 10.5. The lowest BCUT2D eigenvalue weighted by atomic mass is 9.94. The van der Waals surface area contributed by atoms with Gasteiger partial charge in [-0.2, -0.15) is 0 Å². The fourth-order valence-electron chi connectivity index (χ4n) is 1.94. The van der Waals surface area contributed by atoms with E-state index in [0.29, 0.717) is 10.9 Å². The minimum atomic E-state index is -0.427. The summed E-state index contributed by atoms with van der Waals surface area (Å²) in [6.45, 7) is 4.07. The third-order valence-electron chi connectivity index (χ3n) is 3.49. The predicted molar refractivity (Wildman–Crippen MR) is 91.0 cm³/mol. The van der Waals surface area contributed by atoms with Crippen LogP contribution in [-0.4, -0.2) is 24.9 Å². The van der Waals surface area contributed by atoms with E-state index in [0.717, 1.165) is 24.3 Å². The van der Waals surface area contributed by atoms with Crippen molar-refractivity contribution in [3.8, 4) is 23.8 Å². The van der Waals surface area contributed by atoms with Gasteiger partial charge >= 0.3 is 0 Å². The van der Waals surface area contributed by atoms with Crippen molar-refractivity contribution in [2.45, 2.75) is 32.2 Å². The molecule has 4 nitrogen and oxygen atoms in total. The molecule has 0 aliphatic carbocycles. The molecule has 0 fully saturated rings. The highest BCUT2D eigenvalue weighted by molar-refractivity contribution is 7.80. The fraction of sp³-hybridized carbons (Fsp3) is 0.438. The molecule has 0 aliphatic rings. The molecule has 0 unspecified atom stereocenters. The van der Waals surface area contributed by atoms with E-state index in [2.05, 4.69) is 16.6 Å². The zero-order valence-electron chi connectivity index (χ0n) is 12.9. The Hall–Kier alpha value is -1.93. The van der Waals surface area contributed by atoms with Crippen LogP contribution in [0.1, 0.15) is 26.7 Å². The molecule has 0 heterocycles. The van der Waals surface area contributed by atoms with Gasteiger partial charge in [0.25, 0.3) is 0 Å². The summed E-state index contributed by atoms with van der Waals surface area (Å²) in [5, 5.41) is 6.79. The number of terminal acetylenes is 1. The second-order valence-corrected chi connectivity index (χ2v) is 4.99. The smallest absolute Gasteiger partial charge is 0.172 e. The molecule has 0 aliphatic heterocycles.